The maximum absolute atomic E-state index is 6.32. The molecule has 1 aliphatic rings. The number of hydrogen-bond donors (Lipinski definition) is 0. The van der Waals surface area contributed by atoms with Gasteiger partial charge in [-0.15, -0.1) is 16.7 Å². The summed E-state index contributed by atoms with van der Waals surface area (Å²) in [6.07, 6.45) is 6.03. The molecule has 2 aromatic heterocycles. The number of benzene rings is 2. The molecule has 2 atom stereocenters. The monoisotopic (exact) mass is 462 g/mol. The average molecular weight is 463 g/mol. The third-order valence-corrected chi connectivity index (χ3v) is 6.29. The Morgan fingerprint density at radius 3 is 2.56 bits per heavy atom. The third kappa shape index (κ3) is 3.78. The molecule has 0 bridgehead atoms. The van der Waals surface area contributed by atoms with E-state index in [1.807, 2.05) is 66.7 Å². The van der Waals surface area contributed by atoms with Crippen LogP contribution in [0, 0.1) is 5.92 Å². The highest BCUT2D eigenvalue weighted by molar-refractivity contribution is 6.30. The van der Waals surface area contributed by atoms with Crippen LogP contribution in [-0.4, -0.2) is 32.1 Å². The van der Waals surface area contributed by atoms with Gasteiger partial charge in [-0.1, -0.05) is 61.0 Å². The Hall–Kier alpha value is -3.15. The lowest BCUT2D eigenvalue weighted by atomic mass is 9.97. The molecule has 2 unspecified atom stereocenters. The topological polar surface area (TPSA) is 52.3 Å². The number of allylic oxidation sites excluding steroid dienone is 4. The summed E-state index contributed by atoms with van der Waals surface area (Å²) >= 11 is 12.4. The minimum atomic E-state index is -0.0328. The van der Waals surface area contributed by atoms with E-state index in [0.717, 1.165) is 33.8 Å². The third-order valence-electron chi connectivity index (χ3n) is 5.50. The molecule has 0 spiro atoms. The van der Waals surface area contributed by atoms with Gasteiger partial charge in [-0.2, -0.15) is 9.50 Å². The number of hydrogen-bond acceptors (Lipinski definition) is 4. The molecule has 2 aromatic carbocycles. The summed E-state index contributed by atoms with van der Waals surface area (Å²) in [6, 6.07) is 17.4. The first-order valence-corrected chi connectivity index (χ1v) is 11.1. The minimum Gasteiger partial charge on any atom is -0.496 e. The number of fused-ring (bicyclic) bond motifs is 1. The Bertz CT molecular complexity index is 1360. The second-order valence-electron chi connectivity index (χ2n) is 7.67. The van der Waals surface area contributed by atoms with Gasteiger partial charge in [0.1, 0.15) is 5.75 Å². The Morgan fingerprint density at radius 2 is 1.81 bits per heavy atom. The number of ether oxygens (including phenoxy) is 1. The highest BCUT2D eigenvalue weighted by Gasteiger charge is 2.20. The van der Waals surface area contributed by atoms with Gasteiger partial charge in [-0.25, -0.2) is 4.98 Å². The van der Waals surface area contributed by atoms with E-state index in [1.165, 1.54) is 0 Å². The number of methoxy groups -OCH3 is 1. The molecular weight excluding hydrogens is 443 g/mol. The largest absolute Gasteiger partial charge is 0.496 e. The highest BCUT2D eigenvalue weighted by atomic mass is 35.5. The molecule has 0 radical (unpaired) electrons. The maximum Gasteiger partial charge on any atom is 0.253 e. The van der Waals surface area contributed by atoms with E-state index < -0.39 is 0 Å². The minimum absolute atomic E-state index is 0.0328. The standard InChI is InChI=1S/C25H20Cl2N4O/c1-15-13-17(9-12-20(15)27)24-29-25-28-21(16-7-10-18(26)11-8-16)14-22(31(25)30-24)19-5-3-4-6-23(19)32-2/h3-15,20H,1-2H3. The van der Waals surface area contributed by atoms with Gasteiger partial charge in [-0.05, 0) is 36.2 Å². The molecule has 7 heteroatoms. The van der Waals surface area contributed by atoms with Crippen molar-refractivity contribution in [2.45, 2.75) is 12.3 Å². The normalized spacial score (nSPS) is 18.1. The van der Waals surface area contributed by atoms with Crippen molar-refractivity contribution >= 4 is 34.6 Å². The molecule has 0 saturated heterocycles. The van der Waals surface area contributed by atoms with Crippen molar-refractivity contribution in [3.05, 3.63) is 83.7 Å². The van der Waals surface area contributed by atoms with Crippen LogP contribution in [0.1, 0.15) is 12.7 Å². The van der Waals surface area contributed by atoms with Crippen LogP contribution in [0.2, 0.25) is 5.02 Å². The zero-order valence-electron chi connectivity index (χ0n) is 17.5. The van der Waals surface area contributed by atoms with Crippen molar-refractivity contribution in [1.29, 1.82) is 0 Å². The van der Waals surface area contributed by atoms with Crippen molar-refractivity contribution in [2.75, 3.05) is 7.11 Å². The Labute approximate surface area is 196 Å². The summed E-state index contributed by atoms with van der Waals surface area (Å²) in [5.74, 6) is 2.04. The van der Waals surface area contributed by atoms with Gasteiger partial charge in [-0.3, -0.25) is 0 Å². The molecule has 32 heavy (non-hydrogen) atoms. The smallest absolute Gasteiger partial charge is 0.253 e. The zero-order chi connectivity index (χ0) is 22.2. The van der Waals surface area contributed by atoms with Crippen molar-refractivity contribution in [1.82, 2.24) is 19.6 Å². The second kappa shape index (κ2) is 8.41. The van der Waals surface area contributed by atoms with Gasteiger partial charge in [0.25, 0.3) is 5.78 Å². The Balaban J connectivity index is 1.74. The molecule has 160 valence electrons. The van der Waals surface area contributed by atoms with Gasteiger partial charge in [0.05, 0.1) is 23.9 Å². The number of halogens is 2. The first-order chi connectivity index (χ1) is 15.5. The van der Waals surface area contributed by atoms with E-state index in [4.69, 9.17) is 43.0 Å². The van der Waals surface area contributed by atoms with Gasteiger partial charge >= 0.3 is 0 Å². The van der Waals surface area contributed by atoms with Crippen LogP contribution in [0.25, 0.3) is 33.9 Å². The fourth-order valence-electron chi connectivity index (χ4n) is 3.76. The van der Waals surface area contributed by atoms with Gasteiger partial charge in [0, 0.05) is 21.7 Å². The van der Waals surface area contributed by atoms with E-state index in [2.05, 4.69) is 13.0 Å². The van der Waals surface area contributed by atoms with Gasteiger partial charge in [0.2, 0.25) is 0 Å². The van der Waals surface area contributed by atoms with Crippen LogP contribution >= 0.6 is 23.2 Å². The first kappa shape index (κ1) is 20.7. The highest BCUT2D eigenvalue weighted by Crippen LogP contribution is 2.33. The predicted octanol–water partition coefficient (Wildman–Crippen LogP) is 6.32. The molecule has 4 aromatic rings. The van der Waals surface area contributed by atoms with Crippen LogP contribution in [0.5, 0.6) is 5.75 Å². The molecule has 2 heterocycles. The number of alkyl halides is 1. The first-order valence-electron chi connectivity index (χ1n) is 10.2. The van der Waals surface area contributed by atoms with Crippen LogP contribution in [0.4, 0.5) is 0 Å². The molecule has 1 aliphatic carbocycles. The molecule has 0 N–H and O–H groups in total. The average Bonchev–Trinajstić information content (AvgIpc) is 3.25. The Morgan fingerprint density at radius 1 is 1.03 bits per heavy atom. The van der Waals surface area contributed by atoms with Crippen LogP contribution in [0.3, 0.4) is 0 Å². The molecule has 0 aliphatic heterocycles. The van der Waals surface area contributed by atoms with E-state index in [9.17, 15) is 0 Å². The SMILES string of the molecule is COc1ccccc1-c1cc(-c2ccc(Cl)cc2)nc2nc(C3=CC(C)C(Cl)C=C3)nn12. The fourth-order valence-corrected chi connectivity index (χ4v) is 4.03. The summed E-state index contributed by atoms with van der Waals surface area (Å²) in [6.45, 7) is 2.08. The van der Waals surface area contributed by atoms with E-state index in [0.29, 0.717) is 16.6 Å². The van der Waals surface area contributed by atoms with Crippen molar-refractivity contribution in [3.63, 3.8) is 0 Å². The van der Waals surface area contributed by atoms with E-state index >= 15 is 0 Å². The number of nitrogens with zero attached hydrogens (tertiary/aromatic N) is 4. The number of para-hydroxylation sites is 1. The predicted molar refractivity (Wildman–Crippen MR) is 129 cm³/mol. The summed E-state index contributed by atoms with van der Waals surface area (Å²) in [4.78, 5) is 9.55. The van der Waals surface area contributed by atoms with Crippen LogP contribution < -0.4 is 4.74 Å². The molecule has 0 saturated carbocycles. The van der Waals surface area contributed by atoms with Crippen LogP contribution in [0.15, 0.2) is 72.8 Å². The van der Waals surface area contributed by atoms with Gasteiger partial charge < -0.3 is 4.74 Å². The molecule has 0 fully saturated rings. The lowest BCUT2D eigenvalue weighted by Gasteiger charge is -2.15. The van der Waals surface area contributed by atoms with Crippen LogP contribution in [-0.2, 0) is 0 Å². The lowest BCUT2D eigenvalue weighted by Crippen LogP contribution is -2.10. The van der Waals surface area contributed by atoms with E-state index in [-0.39, 0.29) is 11.3 Å². The quantitative estimate of drug-likeness (QED) is 0.333. The molecular formula is C25H20Cl2N4O. The summed E-state index contributed by atoms with van der Waals surface area (Å²) in [5, 5.41) is 5.44. The lowest BCUT2D eigenvalue weighted by molar-refractivity contribution is 0.416. The summed E-state index contributed by atoms with van der Waals surface area (Å²) < 4.78 is 7.39. The van der Waals surface area contributed by atoms with E-state index in [1.54, 1.807) is 11.6 Å². The Kier molecular flexibility index (Phi) is 5.45. The number of aromatic nitrogens is 4. The second-order valence-corrected chi connectivity index (χ2v) is 8.61. The molecule has 5 rings (SSSR count). The van der Waals surface area contributed by atoms with Crippen molar-refractivity contribution in [2.24, 2.45) is 5.92 Å². The van der Waals surface area contributed by atoms with Gasteiger partial charge in [0.15, 0.2) is 5.82 Å². The summed E-state index contributed by atoms with van der Waals surface area (Å²) in [7, 11) is 1.66. The summed E-state index contributed by atoms with van der Waals surface area (Å²) in [5.41, 5.74) is 4.37. The fraction of sp³-hybridized carbons (Fsp3) is 0.160. The number of rotatable bonds is 4. The molecule has 0 amide bonds. The zero-order valence-corrected chi connectivity index (χ0v) is 19.0. The van der Waals surface area contributed by atoms with Crippen molar-refractivity contribution in [3.8, 4) is 28.3 Å². The molecule has 5 nitrogen and oxygen atoms in total. The van der Waals surface area contributed by atoms with Crippen molar-refractivity contribution < 1.29 is 4.74 Å². The maximum atomic E-state index is 6.32.